The lowest BCUT2D eigenvalue weighted by Gasteiger charge is -2.11. The Balaban J connectivity index is 2.82. The standard InChI is InChI=1S/C16H21NO4/c1-5-6-7-17-14(16(18)19)10(2)12-8-11(20-3)9-13(21-4)15(12)17/h8-9H,5-7H2,1-4H3,(H,18,19). The van der Waals surface area contributed by atoms with Crippen LogP contribution in [0.3, 0.4) is 0 Å². The number of carboxylic acid groups (broad SMARTS) is 1. The maximum Gasteiger partial charge on any atom is 0.352 e. The number of ether oxygens (including phenoxy) is 2. The van der Waals surface area contributed by atoms with Gasteiger partial charge in [-0.05, 0) is 25.0 Å². The van der Waals surface area contributed by atoms with Crippen molar-refractivity contribution in [1.29, 1.82) is 0 Å². The third-order valence-corrected chi connectivity index (χ3v) is 3.74. The van der Waals surface area contributed by atoms with Crippen LogP contribution in [0, 0.1) is 6.92 Å². The Morgan fingerprint density at radius 2 is 2.00 bits per heavy atom. The first-order chi connectivity index (χ1) is 10.0. The predicted octanol–water partition coefficient (Wildman–Crippen LogP) is 3.47. The summed E-state index contributed by atoms with van der Waals surface area (Å²) in [4.78, 5) is 11.6. The van der Waals surface area contributed by atoms with Crippen LogP contribution in [0.5, 0.6) is 11.5 Å². The van der Waals surface area contributed by atoms with Crippen LogP contribution in [0.2, 0.25) is 0 Å². The van der Waals surface area contributed by atoms with E-state index >= 15 is 0 Å². The summed E-state index contributed by atoms with van der Waals surface area (Å²) in [6.45, 7) is 4.57. The van der Waals surface area contributed by atoms with Gasteiger partial charge in [-0.25, -0.2) is 4.79 Å². The second kappa shape index (κ2) is 6.08. The Hall–Kier alpha value is -2.17. The highest BCUT2D eigenvalue weighted by Crippen LogP contribution is 2.36. The van der Waals surface area contributed by atoms with Crippen molar-refractivity contribution in [2.45, 2.75) is 33.2 Å². The van der Waals surface area contributed by atoms with Crippen molar-refractivity contribution in [3.05, 3.63) is 23.4 Å². The summed E-state index contributed by atoms with van der Waals surface area (Å²) in [6, 6.07) is 3.65. The summed E-state index contributed by atoms with van der Waals surface area (Å²) < 4.78 is 12.6. The fourth-order valence-corrected chi connectivity index (χ4v) is 2.68. The van der Waals surface area contributed by atoms with Gasteiger partial charge in [0.25, 0.3) is 0 Å². The molecule has 0 bridgehead atoms. The highest BCUT2D eigenvalue weighted by molar-refractivity contribution is 6.00. The molecule has 0 saturated heterocycles. The average Bonchev–Trinajstić information content (AvgIpc) is 2.76. The van der Waals surface area contributed by atoms with Gasteiger partial charge >= 0.3 is 5.97 Å². The van der Waals surface area contributed by atoms with E-state index in [4.69, 9.17) is 9.47 Å². The number of hydrogen-bond acceptors (Lipinski definition) is 3. The minimum atomic E-state index is -0.916. The van der Waals surface area contributed by atoms with Crippen LogP contribution in [-0.4, -0.2) is 29.9 Å². The number of benzene rings is 1. The molecular weight excluding hydrogens is 270 g/mol. The van der Waals surface area contributed by atoms with Crippen molar-refractivity contribution in [1.82, 2.24) is 4.57 Å². The van der Waals surface area contributed by atoms with Gasteiger partial charge in [0.15, 0.2) is 0 Å². The molecule has 2 aromatic rings. The Morgan fingerprint density at radius 3 is 2.52 bits per heavy atom. The number of aromatic carboxylic acids is 1. The number of fused-ring (bicyclic) bond motifs is 1. The first-order valence-electron chi connectivity index (χ1n) is 7.03. The van der Waals surface area contributed by atoms with Crippen molar-refractivity contribution >= 4 is 16.9 Å². The number of aromatic nitrogens is 1. The van der Waals surface area contributed by atoms with E-state index in [-0.39, 0.29) is 0 Å². The summed E-state index contributed by atoms with van der Waals surface area (Å²) >= 11 is 0. The molecule has 1 N–H and O–H groups in total. The minimum Gasteiger partial charge on any atom is -0.497 e. The van der Waals surface area contributed by atoms with E-state index in [2.05, 4.69) is 6.92 Å². The summed E-state index contributed by atoms with van der Waals surface area (Å²) in [5.41, 5.74) is 1.89. The molecule has 5 heteroatoms. The second-order valence-electron chi connectivity index (χ2n) is 5.01. The zero-order chi connectivity index (χ0) is 15.6. The van der Waals surface area contributed by atoms with E-state index in [1.54, 1.807) is 20.3 Å². The van der Waals surface area contributed by atoms with Crippen LogP contribution in [0.25, 0.3) is 10.9 Å². The molecule has 1 heterocycles. The first kappa shape index (κ1) is 15.2. The Kier molecular flexibility index (Phi) is 4.40. The van der Waals surface area contributed by atoms with Crippen LogP contribution in [0.4, 0.5) is 0 Å². The fraction of sp³-hybridized carbons (Fsp3) is 0.438. The van der Waals surface area contributed by atoms with Crippen LogP contribution in [0.1, 0.15) is 35.8 Å². The molecule has 1 aromatic heterocycles. The predicted molar refractivity (Wildman–Crippen MR) is 81.6 cm³/mol. The summed E-state index contributed by atoms with van der Waals surface area (Å²) in [7, 11) is 3.17. The molecule has 0 aliphatic carbocycles. The molecule has 21 heavy (non-hydrogen) atoms. The molecule has 0 atom stereocenters. The third-order valence-electron chi connectivity index (χ3n) is 3.74. The second-order valence-corrected chi connectivity index (χ2v) is 5.01. The summed E-state index contributed by atoms with van der Waals surface area (Å²) in [5, 5.41) is 10.4. The van der Waals surface area contributed by atoms with Gasteiger partial charge in [-0.3, -0.25) is 0 Å². The van der Waals surface area contributed by atoms with Crippen LogP contribution >= 0.6 is 0 Å². The molecule has 2 rings (SSSR count). The highest BCUT2D eigenvalue weighted by Gasteiger charge is 2.22. The Morgan fingerprint density at radius 1 is 1.29 bits per heavy atom. The molecule has 0 amide bonds. The lowest BCUT2D eigenvalue weighted by molar-refractivity contribution is 0.0684. The molecule has 5 nitrogen and oxygen atoms in total. The maximum atomic E-state index is 11.6. The number of carboxylic acids is 1. The van der Waals surface area contributed by atoms with Crippen molar-refractivity contribution in [3.8, 4) is 11.5 Å². The SMILES string of the molecule is CCCCn1c(C(=O)O)c(C)c2cc(OC)cc(OC)c21. The van der Waals surface area contributed by atoms with Gasteiger partial charge in [0.05, 0.1) is 19.7 Å². The number of carbonyl (C=O) groups is 1. The first-order valence-corrected chi connectivity index (χ1v) is 7.03. The molecule has 0 aliphatic heterocycles. The summed E-state index contributed by atoms with van der Waals surface area (Å²) in [6.07, 6.45) is 1.91. The van der Waals surface area contributed by atoms with Gasteiger partial charge in [-0.1, -0.05) is 13.3 Å². The Bertz CT molecular complexity index is 673. The van der Waals surface area contributed by atoms with Crippen LogP contribution in [-0.2, 0) is 6.54 Å². The van der Waals surface area contributed by atoms with E-state index in [0.29, 0.717) is 23.7 Å². The fourth-order valence-electron chi connectivity index (χ4n) is 2.68. The van der Waals surface area contributed by atoms with Gasteiger partial charge < -0.3 is 19.1 Å². The zero-order valence-electron chi connectivity index (χ0n) is 12.9. The van der Waals surface area contributed by atoms with Crippen LogP contribution in [0.15, 0.2) is 12.1 Å². The van der Waals surface area contributed by atoms with E-state index < -0.39 is 5.97 Å². The van der Waals surface area contributed by atoms with Gasteiger partial charge in [-0.15, -0.1) is 0 Å². The van der Waals surface area contributed by atoms with E-state index in [0.717, 1.165) is 29.3 Å². The third kappa shape index (κ3) is 2.55. The largest absolute Gasteiger partial charge is 0.497 e. The van der Waals surface area contributed by atoms with Crippen molar-refractivity contribution < 1.29 is 19.4 Å². The van der Waals surface area contributed by atoms with Crippen molar-refractivity contribution in [3.63, 3.8) is 0 Å². The molecular formula is C16H21NO4. The monoisotopic (exact) mass is 291 g/mol. The molecule has 0 saturated carbocycles. The number of nitrogens with zero attached hydrogens (tertiary/aromatic N) is 1. The van der Waals surface area contributed by atoms with Crippen LogP contribution < -0.4 is 9.47 Å². The lowest BCUT2D eigenvalue weighted by atomic mass is 10.1. The smallest absolute Gasteiger partial charge is 0.352 e. The molecule has 1 aromatic carbocycles. The number of unbranched alkanes of at least 4 members (excludes halogenated alkanes) is 1. The molecule has 0 aliphatic rings. The summed E-state index contributed by atoms with van der Waals surface area (Å²) in [5.74, 6) is 0.379. The number of methoxy groups -OCH3 is 2. The molecule has 0 fully saturated rings. The number of hydrogen-bond donors (Lipinski definition) is 1. The van der Waals surface area contributed by atoms with Gasteiger partial charge in [0.2, 0.25) is 0 Å². The van der Waals surface area contributed by atoms with Gasteiger partial charge in [0.1, 0.15) is 17.2 Å². The highest BCUT2D eigenvalue weighted by atomic mass is 16.5. The van der Waals surface area contributed by atoms with E-state index in [1.807, 2.05) is 17.6 Å². The normalized spacial score (nSPS) is 10.9. The topological polar surface area (TPSA) is 60.7 Å². The lowest BCUT2D eigenvalue weighted by Crippen LogP contribution is -2.10. The van der Waals surface area contributed by atoms with Crippen molar-refractivity contribution in [2.24, 2.45) is 0 Å². The molecule has 114 valence electrons. The van der Waals surface area contributed by atoms with E-state index in [1.165, 1.54) is 0 Å². The Labute approximate surface area is 124 Å². The van der Waals surface area contributed by atoms with Crippen molar-refractivity contribution in [2.75, 3.05) is 14.2 Å². The van der Waals surface area contributed by atoms with Gasteiger partial charge in [0, 0.05) is 18.0 Å². The average molecular weight is 291 g/mol. The van der Waals surface area contributed by atoms with E-state index in [9.17, 15) is 9.90 Å². The minimum absolute atomic E-state index is 0.324. The molecule has 0 unspecified atom stereocenters. The zero-order valence-corrected chi connectivity index (χ0v) is 12.9. The molecule has 0 radical (unpaired) electrons. The number of rotatable bonds is 6. The maximum absolute atomic E-state index is 11.6. The molecule has 0 spiro atoms. The van der Waals surface area contributed by atoms with Gasteiger partial charge in [-0.2, -0.15) is 0 Å². The quantitative estimate of drug-likeness (QED) is 0.885. The number of aryl methyl sites for hydroxylation is 2.